The van der Waals surface area contributed by atoms with E-state index in [-0.39, 0.29) is 5.92 Å². The van der Waals surface area contributed by atoms with Gasteiger partial charge in [-0.25, -0.2) is 0 Å². The van der Waals surface area contributed by atoms with Gasteiger partial charge < -0.3 is 9.84 Å². The maximum Gasteiger partial charge on any atom is 0.307 e. The molecule has 1 aliphatic heterocycles. The van der Waals surface area contributed by atoms with E-state index >= 15 is 0 Å². The molecular formula is C9H17NO3. The molecule has 0 aromatic carbocycles. The van der Waals surface area contributed by atoms with Crippen LogP contribution in [0.4, 0.5) is 0 Å². The lowest BCUT2D eigenvalue weighted by molar-refractivity contribution is -0.141. The van der Waals surface area contributed by atoms with Gasteiger partial charge in [0.1, 0.15) is 0 Å². The van der Waals surface area contributed by atoms with Crippen molar-refractivity contribution >= 4 is 5.97 Å². The molecule has 1 aliphatic rings. The molecule has 0 amide bonds. The zero-order valence-electron chi connectivity index (χ0n) is 8.19. The molecule has 1 rings (SSSR count). The number of methoxy groups -OCH3 is 1. The van der Waals surface area contributed by atoms with Gasteiger partial charge in [-0.3, -0.25) is 9.69 Å². The van der Waals surface area contributed by atoms with E-state index in [2.05, 4.69) is 11.8 Å². The van der Waals surface area contributed by atoms with E-state index in [0.29, 0.717) is 19.2 Å². The molecule has 0 aliphatic carbocycles. The van der Waals surface area contributed by atoms with Crippen molar-refractivity contribution in [2.24, 2.45) is 5.92 Å². The lowest BCUT2D eigenvalue weighted by Gasteiger charge is -2.22. The molecule has 0 aromatic rings. The highest BCUT2D eigenvalue weighted by atomic mass is 16.5. The van der Waals surface area contributed by atoms with Crippen LogP contribution in [0.15, 0.2) is 0 Å². The predicted octanol–water partition coefficient (Wildman–Crippen LogP) is 0.428. The largest absolute Gasteiger partial charge is 0.481 e. The van der Waals surface area contributed by atoms with Gasteiger partial charge in [-0.2, -0.15) is 0 Å². The molecule has 0 radical (unpaired) electrons. The summed E-state index contributed by atoms with van der Waals surface area (Å²) in [6, 6.07) is 0.328. The van der Waals surface area contributed by atoms with E-state index in [0.717, 1.165) is 13.0 Å². The molecule has 4 nitrogen and oxygen atoms in total. The third kappa shape index (κ3) is 2.67. The van der Waals surface area contributed by atoms with E-state index < -0.39 is 5.97 Å². The number of carboxylic acid groups (broad SMARTS) is 1. The summed E-state index contributed by atoms with van der Waals surface area (Å²) in [6.07, 6.45) is 0.767. The third-order valence-electron chi connectivity index (χ3n) is 2.60. The van der Waals surface area contributed by atoms with E-state index in [1.807, 2.05) is 0 Å². The molecule has 4 heteroatoms. The first kappa shape index (κ1) is 10.5. The van der Waals surface area contributed by atoms with Gasteiger partial charge in [-0.05, 0) is 19.9 Å². The molecule has 1 heterocycles. The molecular weight excluding hydrogens is 170 g/mol. The van der Waals surface area contributed by atoms with Crippen LogP contribution in [0, 0.1) is 5.92 Å². The zero-order valence-corrected chi connectivity index (χ0v) is 8.19. The first-order valence-electron chi connectivity index (χ1n) is 4.61. The molecule has 1 N–H and O–H groups in total. The van der Waals surface area contributed by atoms with E-state index in [1.165, 1.54) is 0 Å². The Morgan fingerprint density at radius 2 is 2.46 bits per heavy atom. The Morgan fingerprint density at radius 1 is 1.77 bits per heavy atom. The number of rotatable bonds is 4. The first-order chi connectivity index (χ1) is 6.15. The predicted molar refractivity (Wildman–Crippen MR) is 48.7 cm³/mol. The fourth-order valence-electron chi connectivity index (χ4n) is 1.74. The smallest absolute Gasteiger partial charge is 0.307 e. The maximum absolute atomic E-state index is 10.7. The minimum Gasteiger partial charge on any atom is -0.481 e. The molecule has 2 unspecified atom stereocenters. The number of aliphatic carboxylic acids is 1. The van der Waals surface area contributed by atoms with Crippen molar-refractivity contribution in [3.8, 4) is 0 Å². The first-order valence-corrected chi connectivity index (χ1v) is 4.61. The number of carbonyl (C=O) groups is 1. The Labute approximate surface area is 78.5 Å². The number of ether oxygens (including phenoxy) is 1. The highest BCUT2D eigenvalue weighted by molar-refractivity contribution is 5.70. The van der Waals surface area contributed by atoms with Crippen molar-refractivity contribution in [2.45, 2.75) is 19.4 Å². The highest BCUT2D eigenvalue weighted by Gasteiger charge is 2.30. The van der Waals surface area contributed by atoms with Crippen LogP contribution in [0.3, 0.4) is 0 Å². The monoisotopic (exact) mass is 187 g/mol. The third-order valence-corrected chi connectivity index (χ3v) is 2.60. The van der Waals surface area contributed by atoms with Crippen LogP contribution in [-0.4, -0.2) is 48.8 Å². The summed E-state index contributed by atoms with van der Waals surface area (Å²) in [7, 11) is 1.67. The second-order valence-electron chi connectivity index (χ2n) is 3.62. The van der Waals surface area contributed by atoms with Crippen molar-refractivity contribution in [1.29, 1.82) is 0 Å². The number of hydrogen-bond acceptors (Lipinski definition) is 3. The van der Waals surface area contributed by atoms with Crippen molar-refractivity contribution in [2.75, 3.05) is 26.8 Å². The number of likely N-dealkylation sites (tertiary alicyclic amines) is 1. The number of nitrogens with zero attached hydrogens (tertiary/aromatic N) is 1. The molecule has 0 bridgehead atoms. The molecule has 1 saturated heterocycles. The zero-order chi connectivity index (χ0) is 9.84. The minimum atomic E-state index is -0.674. The van der Waals surface area contributed by atoms with Gasteiger partial charge in [-0.1, -0.05) is 0 Å². The van der Waals surface area contributed by atoms with Crippen LogP contribution >= 0.6 is 0 Å². The molecule has 0 saturated carbocycles. The Morgan fingerprint density at radius 3 is 2.92 bits per heavy atom. The molecule has 76 valence electrons. The summed E-state index contributed by atoms with van der Waals surface area (Å²) in [6.45, 7) is 4.28. The van der Waals surface area contributed by atoms with Crippen molar-refractivity contribution in [3.05, 3.63) is 0 Å². The summed E-state index contributed by atoms with van der Waals surface area (Å²) in [5, 5.41) is 8.78. The van der Waals surface area contributed by atoms with Gasteiger partial charge in [0.25, 0.3) is 0 Å². The Balaban J connectivity index is 2.35. The summed E-state index contributed by atoms with van der Waals surface area (Å²) in [4.78, 5) is 12.8. The fraction of sp³-hybridized carbons (Fsp3) is 0.889. The van der Waals surface area contributed by atoms with Gasteiger partial charge >= 0.3 is 5.97 Å². The fourth-order valence-corrected chi connectivity index (χ4v) is 1.74. The normalized spacial score (nSPS) is 26.2. The van der Waals surface area contributed by atoms with Crippen LogP contribution in [-0.2, 0) is 9.53 Å². The molecule has 1 fully saturated rings. The quantitative estimate of drug-likeness (QED) is 0.693. The topological polar surface area (TPSA) is 49.8 Å². The van der Waals surface area contributed by atoms with Crippen LogP contribution in [0.2, 0.25) is 0 Å². The summed E-state index contributed by atoms with van der Waals surface area (Å²) >= 11 is 0. The average molecular weight is 187 g/mol. The van der Waals surface area contributed by atoms with Crippen molar-refractivity contribution < 1.29 is 14.6 Å². The van der Waals surface area contributed by atoms with Crippen molar-refractivity contribution in [3.63, 3.8) is 0 Å². The van der Waals surface area contributed by atoms with E-state index in [1.54, 1.807) is 7.11 Å². The summed E-state index contributed by atoms with van der Waals surface area (Å²) in [5.41, 5.74) is 0. The lowest BCUT2D eigenvalue weighted by Crippen LogP contribution is -2.35. The number of hydrogen-bond donors (Lipinski definition) is 1. The van der Waals surface area contributed by atoms with Crippen LogP contribution in [0.25, 0.3) is 0 Å². The second-order valence-corrected chi connectivity index (χ2v) is 3.62. The van der Waals surface area contributed by atoms with Crippen LogP contribution < -0.4 is 0 Å². The molecule has 2 atom stereocenters. The van der Waals surface area contributed by atoms with E-state index in [9.17, 15) is 4.79 Å². The molecule has 0 spiro atoms. The summed E-state index contributed by atoms with van der Waals surface area (Å²) < 4.78 is 5.02. The molecule has 13 heavy (non-hydrogen) atoms. The van der Waals surface area contributed by atoms with Gasteiger partial charge in [-0.15, -0.1) is 0 Å². The van der Waals surface area contributed by atoms with Gasteiger partial charge in [0.15, 0.2) is 0 Å². The Bertz CT molecular complexity index is 184. The average Bonchev–Trinajstić information content (AvgIpc) is 2.52. The lowest BCUT2D eigenvalue weighted by atomic mass is 10.1. The van der Waals surface area contributed by atoms with Gasteiger partial charge in [0.2, 0.25) is 0 Å². The van der Waals surface area contributed by atoms with Crippen LogP contribution in [0.5, 0.6) is 0 Å². The van der Waals surface area contributed by atoms with E-state index in [4.69, 9.17) is 9.84 Å². The minimum absolute atomic E-state index is 0.181. The molecule has 0 aromatic heterocycles. The Kier molecular flexibility index (Phi) is 3.69. The maximum atomic E-state index is 10.7. The summed E-state index contributed by atoms with van der Waals surface area (Å²) in [5.74, 6) is -0.855. The van der Waals surface area contributed by atoms with Gasteiger partial charge in [0, 0.05) is 19.7 Å². The number of carboxylic acids is 1. The second kappa shape index (κ2) is 4.58. The SMILES string of the molecule is COCC(C)N1CCC(C(=O)O)C1. The van der Waals surface area contributed by atoms with Crippen molar-refractivity contribution in [1.82, 2.24) is 4.90 Å². The van der Waals surface area contributed by atoms with Gasteiger partial charge in [0.05, 0.1) is 12.5 Å². The standard InChI is InChI=1S/C9H17NO3/c1-7(6-13-2)10-4-3-8(5-10)9(11)12/h7-8H,3-6H2,1-2H3,(H,11,12). The highest BCUT2D eigenvalue weighted by Crippen LogP contribution is 2.18. The van der Waals surface area contributed by atoms with Crippen LogP contribution in [0.1, 0.15) is 13.3 Å². The Hall–Kier alpha value is -0.610.